The molecule has 0 atom stereocenters. The first-order valence-corrected chi connectivity index (χ1v) is 10.6. The third-order valence-electron chi connectivity index (χ3n) is 3.07. The lowest BCUT2D eigenvalue weighted by Crippen LogP contribution is -2.50. The van der Waals surface area contributed by atoms with Gasteiger partial charge < -0.3 is 13.3 Å². The quantitative estimate of drug-likeness (QED) is 0.168. The zero-order valence-electron chi connectivity index (χ0n) is 15.0. The van der Waals surface area contributed by atoms with Gasteiger partial charge in [0.2, 0.25) is 0 Å². The van der Waals surface area contributed by atoms with Crippen LogP contribution in [0.4, 0.5) is 0 Å². The summed E-state index contributed by atoms with van der Waals surface area (Å²) in [5, 5.41) is 0. The second-order valence-electron chi connectivity index (χ2n) is 5.36. The maximum absolute atomic E-state index is 5.89. The lowest BCUT2D eigenvalue weighted by Gasteiger charge is -2.27. The largest absolute Gasteiger partial charge is 0.707 e. The first-order valence-electron chi connectivity index (χ1n) is 8.97. The summed E-state index contributed by atoms with van der Waals surface area (Å²) in [6, 6.07) is 0. The molecule has 0 radical (unpaired) electrons. The summed E-state index contributed by atoms with van der Waals surface area (Å²) in [6.45, 7) is 10.8. The van der Waals surface area contributed by atoms with Gasteiger partial charge in [0.1, 0.15) is 0 Å². The van der Waals surface area contributed by atoms with Gasteiger partial charge in [-0.1, -0.05) is 53.4 Å². The van der Waals surface area contributed by atoms with E-state index in [1.165, 1.54) is 0 Å². The van der Waals surface area contributed by atoms with E-state index in [9.17, 15) is 0 Å². The van der Waals surface area contributed by atoms with Gasteiger partial charge in [-0.15, -0.1) is 0 Å². The van der Waals surface area contributed by atoms with Crippen LogP contribution in [-0.2, 0) is 22.7 Å². The fraction of sp³-hybridized carbons (Fsp3) is 1.00. The molecule has 0 fully saturated rings. The first kappa shape index (κ1) is 22.0. The zero-order chi connectivity index (χ0) is 16.5. The van der Waals surface area contributed by atoms with Gasteiger partial charge in [0.25, 0.3) is 0 Å². The molecule has 6 heteroatoms. The molecule has 134 valence electrons. The van der Waals surface area contributed by atoms with E-state index in [1.54, 1.807) is 0 Å². The summed E-state index contributed by atoms with van der Waals surface area (Å²) in [6.07, 6.45) is 8.07. The molecule has 0 aliphatic heterocycles. The van der Waals surface area contributed by atoms with E-state index in [2.05, 4.69) is 27.7 Å². The average molecular weight is 337 g/mol. The van der Waals surface area contributed by atoms with Crippen LogP contribution in [0.25, 0.3) is 0 Å². The van der Waals surface area contributed by atoms with Gasteiger partial charge >= 0.3 is 9.05 Å². The first-order chi connectivity index (χ1) is 10.7. The molecule has 0 saturated carbocycles. The smallest absolute Gasteiger partial charge is 0.350 e. The number of rotatable bonds is 17. The summed E-state index contributed by atoms with van der Waals surface area (Å²) in [5.41, 5.74) is 0. The highest BCUT2D eigenvalue weighted by atomic mass is 28.4. The van der Waals surface area contributed by atoms with Crippen molar-refractivity contribution in [1.82, 2.24) is 0 Å². The molecular formula is C16H36O5Si. The van der Waals surface area contributed by atoms with Crippen LogP contribution >= 0.6 is 0 Å². The van der Waals surface area contributed by atoms with Crippen LogP contribution in [-0.4, -0.2) is 35.5 Å². The van der Waals surface area contributed by atoms with Crippen molar-refractivity contribution in [2.75, 3.05) is 26.4 Å². The van der Waals surface area contributed by atoms with Crippen molar-refractivity contribution in [3.63, 3.8) is 0 Å². The van der Waals surface area contributed by atoms with Gasteiger partial charge in [0, 0.05) is 19.8 Å². The van der Waals surface area contributed by atoms with Crippen LogP contribution < -0.4 is 0 Å². The van der Waals surface area contributed by atoms with E-state index in [0.29, 0.717) is 26.4 Å². The Morgan fingerprint density at radius 2 is 0.909 bits per heavy atom. The second kappa shape index (κ2) is 15.9. The predicted molar refractivity (Wildman–Crippen MR) is 90.3 cm³/mol. The normalized spacial score (nSPS) is 12.0. The summed E-state index contributed by atoms with van der Waals surface area (Å²) in [5.74, 6) is 0. The van der Waals surface area contributed by atoms with Crippen molar-refractivity contribution in [2.45, 2.75) is 79.1 Å². The maximum atomic E-state index is 5.89. The van der Waals surface area contributed by atoms with Crippen LogP contribution in [0.2, 0.25) is 0 Å². The van der Waals surface area contributed by atoms with E-state index in [1.807, 2.05) is 0 Å². The van der Waals surface area contributed by atoms with Gasteiger partial charge in [-0.25, -0.2) is 4.89 Å². The summed E-state index contributed by atoms with van der Waals surface area (Å²) in [4.78, 5) is 5.32. The van der Waals surface area contributed by atoms with Crippen LogP contribution in [0.1, 0.15) is 79.1 Å². The van der Waals surface area contributed by atoms with E-state index in [-0.39, 0.29) is 0 Å². The Kier molecular flexibility index (Phi) is 15.9. The van der Waals surface area contributed by atoms with E-state index < -0.39 is 9.05 Å². The Hall–Kier alpha value is 0.0169. The van der Waals surface area contributed by atoms with E-state index in [0.717, 1.165) is 51.4 Å². The Morgan fingerprint density at radius 1 is 0.545 bits per heavy atom. The SMILES string of the molecule is CCCCOO[Si](OCCCC)(OCCCC)OCCCC. The summed E-state index contributed by atoms with van der Waals surface area (Å²) < 4.78 is 23.2. The second-order valence-corrected chi connectivity index (χ2v) is 7.40. The van der Waals surface area contributed by atoms with Gasteiger partial charge in [-0.3, -0.25) is 0 Å². The number of hydrogen-bond donors (Lipinski definition) is 0. The molecule has 5 nitrogen and oxygen atoms in total. The molecule has 0 aromatic carbocycles. The fourth-order valence-electron chi connectivity index (χ4n) is 1.54. The highest BCUT2D eigenvalue weighted by Crippen LogP contribution is 2.16. The van der Waals surface area contributed by atoms with Crippen molar-refractivity contribution in [1.29, 1.82) is 0 Å². The topological polar surface area (TPSA) is 46.2 Å². The fourth-order valence-corrected chi connectivity index (χ4v) is 3.34. The summed E-state index contributed by atoms with van der Waals surface area (Å²) >= 11 is 0. The van der Waals surface area contributed by atoms with Gasteiger partial charge in [-0.2, -0.15) is 4.58 Å². The monoisotopic (exact) mass is 336 g/mol. The third kappa shape index (κ3) is 11.6. The molecular weight excluding hydrogens is 300 g/mol. The van der Waals surface area contributed by atoms with Crippen LogP contribution in [0.5, 0.6) is 0 Å². The van der Waals surface area contributed by atoms with Gasteiger partial charge in [0.05, 0.1) is 6.61 Å². The third-order valence-corrected chi connectivity index (χ3v) is 5.07. The number of hydrogen-bond acceptors (Lipinski definition) is 5. The Labute approximate surface area is 138 Å². The number of unbranched alkanes of at least 4 members (excludes halogenated alkanes) is 4. The minimum atomic E-state index is -3.18. The molecule has 0 unspecified atom stereocenters. The van der Waals surface area contributed by atoms with Crippen LogP contribution in [0.15, 0.2) is 0 Å². The lowest BCUT2D eigenvalue weighted by atomic mass is 10.4. The highest BCUT2D eigenvalue weighted by Gasteiger charge is 2.47. The Morgan fingerprint density at radius 3 is 1.27 bits per heavy atom. The van der Waals surface area contributed by atoms with Gasteiger partial charge in [0.15, 0.2) is 0 Å². The molecule has 0 spiro atoms. The Bertz CT molecular complexity index is 202. The molecule has 22 heavy (non-hydrogen) atoms. The van der Waals surface area contributed by atoms with Crippen molar-refractivity contribution < 1.29 is 22.7 Å². The molecule has 0 N–H and O–H groups in total. The standard InChI is InChI=1S/C16H36O5Si/c1-5-9-13-17-21-22(18-14-10-6-2,19-15-11-7-3)20-16-12-8-4/h5-16H2,1-4H3. The molecule has 0 saturated heterocycles. The Balaban J connectivity index is 4.53. The minimum absolute atomic E-state index is 0.538. The molecule has 0 bridgehead atoms. The van der Waals surface area contributed by atoms with E-state index in [4.69, 9.17) is 22.7 Å². The lowest BCUT2D eigenvalue weighted by molar-refractivity contribution is -0.275. The molecule has 0 aliphatic carbocycles. The predicted octanol–water partition coefficient (Wildman–Crippen LogP) is 4.62. The van der Waals surface area contributed by atoms with Crippen molar-refractivity contribution >= 4 is 9.05 Å². The molecule has 0 aromatic heterocycles. The average Bonchev–Trinajstić information content (AvgIpc) is 2.52. The highest BCUT2D eigenvalue weighted by molar-refractivity contribution is 6.53. The van der Waals surface area contributed by atoms with Crippen LogP contribution in [0.3, 0.4) is 0 Å². The summed E-state index contributed by atoms with van der Waals surface area (Å²) in [7, 11) is -3.18. The van der Waals surface area contributed by atoms with Crippen molar-refractivity contribution in [2.24, 2.45) is 0 Å². The molecule has 0 aliphatic rings. The van der Waals surface area contributed by atoms with Gasteiger partial charge in [-0.05, 0) is 25.7 Å². The zero-order valence-corrected chi connectivity index (χ0v) is 16.0. The molecule has 0 heterocycles. The molecule has 0 rings (SSSR count). The van der Waals surface area contributed by atoms with E-state index >= 15 is 0 Å². The molecule has 0 amide bonds. The minimum Gasteiger partial charge on any atom is -0.350 e. The van der Waals surface area contributed by atoms with Crippen molar-refractivity contribution in [3.8, 4) is 0 Å². The molecule has 0 aromatic rings. The van der Waals surface area contributed by atoms with Crippen molar-refractivity contribution in [3.05, 3.63) is 0 Å². The van der Waals surface area contributed by atoms with Crippen LogP contribution in [0, 0.1) is 0 Å². The maximum Gasteiger partial charge on any atom is 0.707 e.